The molecule has 28 heavy (non-hydrogen) atoms. The largest absolute Gasteiger partial charge is 0.496 e. The Hall–Kier alpha value is -3.81. The van der Waals surface area contributed by atoms with Crippen LogP contribution in [0, 0.1) is 6.92 Å². The molecule has 0 saturated heterocycles. The van der Waals surface area contributed by atoms with Crippen LogP contribution in [0.2, 0.25) is 0 Å². The third-order valence-corrected chi connectivity index (χ3v) is 4.36. The van der Waals surface area contributed by atoms with Gasteiger partial charge in [-0.25, -0.2) is 4.68 Å². The molecule has 2 aromatic carbocycles. The fourth-order valence-corrected chi connectivity index (χ4v) is 3.01. The Morgan fingerprint density at radius 2 is 1.61 bits per heavy atom. The van der Waals surface area contributed by atoms with Gasteiger partial charge in [0, 0.05) is 5.56 Å². The topological polar surface area (TPSA) is 122 Å². The number of rotatable bonds is 6. The third-order valence-electron chi connectivity index (χ3n) is 4.36. The van der Waals surface area contributed by atoms with E-state index in [4.69, 9.17) is 20.9 Å². The molecule has 0 aliphatic heterocycles. The predicted molar refractivity (Wildman–Crippen MR) is 104 cm³/mol. The highest BCUT2D eigenvalue weighted by atomic mass is 16.5. The molecule has 2 amide bonds. The summed E-state index contributed by atoms with van der Waals surface area (Å²) in [6.07, 6.45) is 0. The Kier molecular flexibility index (Phi) is 5.04. The number of methoxy groups -OCH3 is 2. The molecular formula is C20H20N4O4. The minimum Gasteiger partial charge on any atom is -0.496 e. The lowest BCUT2D eigenvalue weighted by Gasteiger charge is -2.16. The van der Waals surface area contributed by atoms with Crippen LogP contribution in [0.5, 0.6) is 11.5 Å². The van der Waals surface area contributed by atoms with Gasteiger partial charge in [-0.05, 0) is 48.9 Å². The molecule has 1 aromatic heterocycles. The predicted octanol–water partition coefficient (Wildman–Crippen LogP) is 2.06. The minimum atomic E-state index is -0.666. The molecule has 4 N–H and O–H groups in total. The van der Waals surface area contributed by atoms with Crippen molar-refractivity contribution in [3.05, 3.63) is 59.3 Å². The van der Waals surface area contributed by atoms with Crippen molar-refractivity contribution in [1.82, 2.24) is 9.78 Å². The Morgan fingerprint density at radius 1 is 0.964 bits per heavy atom. The van der Waals surface area contributed by atoms with Crippen molar-refractivity contribution < 1.29 is 19.1 Å². The van der Waals surface area contributed by atoms with Crippen LogP contribution in [0.3, 0.4) is 0 Å². The summed E-state index contributed by atoms with van der Waals surface area (Å²) in [7, 11) is 3.09. The maximum Gasteiger partial charge on any atom is 0.269 e. The van der Waals surface area contributed by atoms with Gasteiger partial charge in [-0.15, -0.1) is 0 Å². The van der Waals surface area contributed by atoms with Crippen molar-refractivity contribution in [2.75, 3.05) is 14.2 Å². The number of aryl methyl sites for hydroxylation is 1. The molecule has 8 heteroatoms. The number of hydrogen-bond acceptors (Lipinski definition) is 5. The number of nitrogens with two attached hydrogens (primary N) is 2. The van der Waals surface area contributed by atoms with Crippen LogP contribution in [0.15, 0.2) is 42.5 Å². The molecule has 0 bridgehead atoms. The Balaban J connectivity index is 2.31. The van der Waals surface area contributed by atoms with E-state index in [1.807, 2.05) is 6.92 Å². The average molecular weight is 380 g/mol. The second-order valence-electron chi connectivity index (χ2n) is 6.09. The Labute approximate surface area is 161 Å². The number of aromatic nitrogens is 2. The first kappa shape index (κ1) is 19.0. The zero-order valence-corrected chi connectivity index (χ0v) is 15.7. The zero-order chi connectivity index (χ0) is 20.4. The number of primary amides is 2. The van der Waals surface area contributed by atoms with Gasteiger partial charge >= 0.3 is 0 Å². The van der Waals surface area contributed by atoms with Crippen LogP contribution in [0.4, 0.5) is 0 Å². The molecule has 0 saturated carbocycles. The zero-order valence-electron chi connectivity index (χ0n) is 15.7. The first-order chi connectivity index (χ1) is 13.4. The van der Waals surface area contributed by atoms with E-state index in [0.717, 1.165) is 5.56 Å². The van der Waals surface area contributed by atoms with E-state index >= 15 is 0 Å². The van der Waals surface area contributed by atoms with Gasteiger partial charge < -0.3 is 20.9 Å². The fourth-order valence-electron chi connectivity index (χ4n) is 3.01. The number of nitrogens with zero attached hydrogens (tertiary/aromatic N) is 2. The fraction of sp³-hybridized carbons (Fsp3) is 0.150. The number of carbonyl (C=O) groups is 2. The molecular weight excluding hydrogens is 360 g/mol. The lowest BCUT2D eigenvalue weighted by molar-refractivity contribution is 0.0989. The van der Waals surface area contributed by atoms with Crippen LogP contribution in [0.25, 0.3) is 16.9 Å². The summed E-state index contributed by atoms with van der Waals surface area (Å²) in [4.78, 5) is 23.2. The monoisotopic (exact) mass is 380 g/mol. The van der Waals surface area contributed by atoms with Gasteiger partial charge in [0.25, 0.3) is 5.91 Å². The molecule has 1 heterocycles. The maximum atomic E-state index is 11.8. The second kappa shape index (κ2) is 7.43. The van der Waals surface area contributed by atoms with Gasteiger partial charge in [0.1, 0.15) is 11.5 Å². The van der Waals surface area contributed by atoms with Crippen LogP contribution in [-0.4, -0.2) is 35.8 Å². The van der Waals surface area contributed by atoms with Gasteiger partial charge in [-0.2, -0.15) is 5.10 Å². The average Bonchev–Trinajstić information content (AvgIpc) is 3.12. The molecule has 144 valence electrons. The van der Waals surface area contributed by atoms with E-state index in [-0.39, 0.29) is 5.69 Å². The summed E-state index contributed by atoms with van der Waals surface area (Å²) in [6, 6.07) is 11.9. The lowest BCUT2D eigenvalue weighted by Crippen LogP contribution is -2.13. The molecule has 3 aromatic rings. The quantitative estimate of drug-likeness (QED) is 0.678. The number of carbonyl (C=O) groups excluding carboxylic acids is 2. The molecule has 0 radical (unpaired) electrons. The summed E-state index contributed by atoms with van der Waals surface area (Å²) in [6.45, 7) is 1.82. The molecule has 3 rings (SSSR count). The van der Waals surface area contributed by atoms with E-state index in [2.05, 4.69) is 5.10 Å². The lowest BCUT2D eigenvalue weighted by atomic mass is 10.1. The van der Waals surface area contributed by atoms with Gasteiger partial charge in [0.15, 0.2) is 5.69 Å². The molecule has 8 nitrogen and oxygen atoms in total. The van der Waals surface area contributed by atoms with Gasteiger partial charge in [0.2, 0.25) is 5.91 Å². The van der Waals surface area contributed by atoms with E-state index in [0.29, 0.717) is 34.0 Å². The highest BCUT2D eigenvalue weighted by Gasteiger charge is 2.22. The SMILES string of the molecule is COc1cccc(OC)c1-c1cc(C(N)=O)nn1-c1ccc(C(N)=O)cc1C. The van der Waals surface area contributed by atoms with Crippen molar-refractivity contribution in [1.29, 1.82) is 0 Å². The van der Waals surface area contributed by atoms with Crippen LogP contribution >= 0.6 is 0 Å². The van der Waals surface area contributed by atoms with Crippen molar-refractivity contribution in [2.24, 2.45) is 11.5 Å². The van der Waals surface area contributed by atoms with E-state index < -0.39 is 11.8 Å². The molecule has 0 spiro atoms. The number of benzene rings is 2. The molecule has 0 atom stereocenters. The van der Waals surface area contributed by atoms with Crippen molar-refractivity contribution in [3.8, 4) is 28.4 Å². The van der Waals surface area contributed by atoms with E-state index in [9.17, 15) is 9.59 Å². The highest BCUT2D eigenvalue weighted by molar-refractivity contribution is 5.94. The minimum absolute atomic E-state index is 0.0846. The first-order valence-corrected chi connectivity index (χ1v) is 8.39. The van der Waals surface area contributed by atoms with E-state index in [1.165, 1.54) is 0 Å². The van der Waals surface area contributed by atoms with E-state index in [1.54, 1.807) is 61.4 Å². The first-order valence-electron chi connectivity index (χ1n) is 8.39. The second-order valence-corrected chi connectivity index (χ2v) is 6.09. The Morgan fingerprint density at radius 3 is 2.11 bits per heavy atom. The van der Waals surface area contributed by atoms with Crippen molar-refractivity contribution >= 4 is 11.8 Å². The number of ether oxygens (including phenoxy) is 2. The van der Waals surface area contributed by atoms with Gasteiger partial charge in [-0.3, -0.25) is 9.59 Å². The summed E-state index contributed by atoms with van der Waals surface area (Å²) >= 11 is 0. The molecule has 0 fully saturated rings. The summed E-state index contributed by atoms with van der Waals surface area (Å²) < 4.78 is 12.5. The van der Waals surface area contributed by atoms with Crippen molar-refractivity contribution in [2.45, 2.75) is 6.92 Å². The number of amides is 2. The van der Waals surface area contributed by atoms with Crippen LogP contribution in [0.1, 0.15) is 26.4 Å². The van der Waals surface area contributed by atoms with Crippen LogP contribution < -0.4 is 20.9 Å². The smallest absolute Gasteiger partial charge is 0.269 e. The molecule has 0 aliphatic carbocycles. The third kappa shape index (κ3) is 3.27. The van der Waals surface area contributed by atoms with Crippen molar-refractivity contribution in [3.63, 3.8) is 0 Å². The highest BCUT2D eigenvalue weighted by Crippen LogP contribution is 2.39. The normalized spacial score (nSPS) is 10.5. The van der Waals surface area contributed by atoms with Gasteiger partial charge in [0.05, 0.1) is 31.2 Å². The summed E-state index contributed by atoms with van der Waals surface area (Å²) in [5.41, 5.74) is 13.8. The standard InChI is InChI=1S/C20H20N4O4/c1-11-9-12(19(21)25)7-8-14(11)24-15(10-13(23-24)20(22)26)18-16(27-2)5-4-6-17(18)28-3/h4-10H,1-3H3,(H2,21,25)(H2,22,26). The molecule has 0 unspecified atom stereocenters. The molecule has 0 aliphatic rings. The summed E-state index contributed by atoms with van der Waals surface area (Å²) in [5.74, 6) is -0.106. The van der Waals surface area contributed by atoms with Crippen LogP contribution in [-0.2, 0) is 0 Å². The maximum absolute atomic E-state index is 11.8. The summed E-state index contributed by atoms with van der Waals surface area (Å²) in [5, 5.41) is 4.36. The van der Waals surface area contributed by atoms with Gasteiger partial charge in [-0.1, -0.05) is 6.07 Å². The number of hydrogen-bond donors (Lipinski definition) is 2. The Bertz CT molecular complexity index is 1050.